The summed E-state index contributed by atoms with van der Waals surface area (Å²) >= 11 is 0. The van der Waals surface area contributed by atoms with Gasteiger partial charge >= 0.3 is 0 Å². The standard InChI is InChI=1S/C28H27N3O6/c1-4-29(5-2)20-13-9-18(10-14-20)25-24(26(32)19-11-15-21(16-12-19)31(35)36)27(33)28(34)30(25)22-7-6-8-23(17-22)37-3/h6-17,25,32H,4-5H2,1-3H3/b26-24+. The SMILES string of the molecule is CCN(CC)c1ccc(C2/C(=C(\O)c3ccc([N+](=O)[O-])cc3)C(=O)C(=O)N2c2cccc(OC)c2)cc1. The zero-order valence-electron chi connectivity index (χ0n) is 20.7. The maximum absolute atomic E-state index is 13.3. The maximum Gasteiger partial charge on any atom is 0.300 e. The Kier molecular flexibility index (Phi) is 7.24. The number of rotatable bonds is 8. The number of anilines is 2. The maximum atomic E-state index is 13.3. The van der Waals surface area contributed by atoms with E-state index in [0.29, 0.717) is 17.0 Å². The van der Waals surface area contributed by atoms with Crippen LogP contribution in [0, 0.1) is 10.1 Å². The molecule has 0 radical (unpaired) electrons. The van der Waals surface area contributed by atoms with Crippen LogP contribution < -0.4 is 14.5 Å². The van der Waals surface area contributed by atoms with Gasteiger partial charge in [-0.3, -0.25) is 24.6 Å². The Labute approximate surface area is 214 Å². The van der Waals surface area contributed by atoms with E-state index >= 15 is 0 Å². The lowest BCUT2D eigenvalue weighted by molar-refractivity contribution is -0.384. The lowest BCUT2D eigenvalue weighted by Crippen LogP contribution is -2.29. The number of benzene rings is 3. The Balaban J connectivity index is 1.89. The minimum absolute atomic E-state index is 0.0998. The first-order valence-corrected chi connectivity index (χ1v) is 11.9. The van der Waals surface area contributed by atoms with Crippen LogP contribution in [0.25, 0.3) is 5.76 Å². The van der Waals surface area contributed by atoms with Crippen molar-refractivity contribution >= 4 is 34.5 Å². The molecule has 1 aliphatic heterocycles. The predicted molar refractivity (Wildman–Crippen MR) is 141 cm³/mol. The fourth-order valence-electron chi connectivity index (χ4n) is 4.53. The summed E-state index contributed by atoms with van der Waals surface area (Å²) in [5, 5.41) is 22.3. The Morgan fingerprint density at radius 2 is 1.68 bits per heavy atom. The highest BCUT2D eigenvalue weighted by Crippen LogP contribution is 2.43. The van der Waals surface area contributed by atoms with Gasteiger partial charge in [-0.2, -0.15) is 0 Å². The van der Waals surface area contributed by atoms with Crippen molar-refractivity contribution in [2.45, 2.75) is 19.9 Å². The van der Waals surface area contributed by atoms with Gasteiger partial charge in [0.25, 0.3) is 17.4 Å². The number of amides is 1. The quantitative estimate of drug-likeness (QED) is 0.151. The van der Waals surface area contributed by atoms with Crippen LogP contribution in [-0.4, -0.2) is 41.9 Å². The van der Waals surface area contributed by atoms with Gasteiger partial charge in [-0.1, -0.05) is 18.2 Å². The number of hydrogen-bond donors (Lipinski definition) is 1. The number of aliphatic hydroxyl groups excluding tert-OH is 1. The number of hydrogen-bond acceptors (Lipinski definition) is 7. The number of nitrogens with zero attached hydrogens (tertiary/aromatic N) is 3. The molecule has 9 nitrogen and oxygen atoms in total. The number of ether oxygens (including phenoxy) is 1. The van der Waals surface area contributed by atoms with E-state index in [-0.39, 0.29) is 16.8 Å². The van der Waals surface area contributed by atoms with E-state index in [1.165, 1.54) is 36.3 Å². The van der Waals surface area contributed by atoms with Gasteiger partial charge < -0.3 is 14.7 Å². The van der Waals surface area contributed by atoms with E-state index in [1.807, 2.05) is 24.3 Å². The third-order valence-electron chi connectivity index (χ3n) is 6.46. The van der Waals surface area contributed by atoms with Gasteiger partial charge in [-0.25, -0.2) is 0 Å². The number of carbonyl (C=O) groups excluding carboxylic acids is 2. The van der Waals surface area contributed by atoms with Gasteiger partial charge in [0.1, 0.15) is 11.5 Å². The number of non-ortho nitro benzene ring substituents is 1. The van der Waals surface area contributed by atoms with Crippen molar-refractivity contribution in [3.05, 3.63) is 99.6 Å². The van der Waals surface area contributed by atoms with E-state index in [2.05, 4.69) is 18.7 Å². The number of carbonyl (C=O) groups is 2. The molecule has 0 saturated carbocycles. The highest BCUT2D eigenvalue weighted by Gasteiger charge is 2.47. The van der Waals surface area contributed by atoms with Crippen molar-refractivity contribution in [1.82, 2.24) is 0 Å². The molecule has 1 heterocycles. The minimum Gasteiger partial charge on any atom is -0.507 e. The number of aliphatic hydroxyl groups is 1. The minimum atomic E-state index is -0.923. The molecule has 0 bridgehead atoms. The normalized spacial score (nSPS) is 16.6. The van der Waals surface area contributed by atoms with Gasteiger partial charge in [0.15, 0.2) is 0 Å². The number of methoxy groups -OCH3 is 1. The van der Waals surface area contributed by atoms with Crippen molar-refractivity contribution in [2.75, 3.05) is 30.0 Å². The van der Waals surface area contributed by atoms with Crippen molar-refractivity contribution in [3.8, 4) is 5.75 Å². The third kappa shape index (κ3) is 4.75. The molecule has 4 rings (SSSR count). The summed E-state index contributed by atoms with van der Waals surface area (Å²) in [6.07, 6.45) is 0. The Morgan fingerprint density at radius 1 is 1.03 bits per heavy atom. The van der Waals surface area contributed by atoms with Crippen LogP contribution in [0.15, 0.2) is 78.4 Å². The molecular formula is C28H27N3O6. The van der Waals surface area contributed by atoms with Crippen molar-refractivity contribution in [1.29, 1.82) is 0 Å². The summed E-state index contributed by atoms with van der Waals surface area (Å²) in [7, 11) is 1.51. The Morgan fingerprint density at radius 3 is 2.24 bits per heavy atom. The summed E-state index contributed by atoms with van der Waals surface area (Å²) in [6, 6.07) is 18.5. The number of nitro benzene ring substituents is 1. The number of Topliss-reactive ketones (excluding diaryl/α,β-unsaturated/α-hetero) is 1. The molecule has 1 amide bonds. The molecule has 1 atom stereocenters. The molecule has 0 aliphatic carbocycles. The molecule has 0 spiro atoms. The Hall–Kier alpha value is -4.66. The van der Waals surface area contributed by atoms with Crippen LogP contribution in [-0.2, 0) is 9.59 Å². The third-order valence-corrected chi connectivity index (χ3v) is 6.46. The van der Waals surface area contributed by atoms with Gasteiger partial charge in [-0.05, 0) is 55.8 Å². The lowest BCUT2D eigenvalue weighted by Gasteiger charge is -2.27. The molecule has 1 aliphatic rings. The van der Waals surface area contributed by atoms with E-state index in [1.54, 1.807) is 24.3 Å². The summed E-state index contributed by atoms with van der Waals surface area (Å²) < 4.78 is 5.31. The van der Waals surface area contributed by atoms with Crippen LogP contribution in [0.1, 0.15) is 31.0 Å². The second-order valence-electron chi connectivity index (χ2n) is 8.44. The van der Waals surface area contributed by atoms with Gasteiger partial charge in [-0.15, -0.1) is 0 Å². The summed E-state index contributed by atoms with van der Waals surface area (Å²) in [5.41, 5.74) is 1.99. The first kappa shape index (κ1) is 25.4. The second kappa shape index (κ2) is 10.5. The first-order chi connectivity index (χ1) is 17.8. The molecule has 1 saturated heterocycles. The van der Waals surface area contributed by atoms with Gasteiger partial charge in [0.2, 0.25) is 0 Å². The Bertz CT molecular complexity index is 1360. The van der Waals surface area contributed by atoms with Gasteiger partial charge in [0.05, 0.1) is 23.6 Å². The van der Waals surface area contributed by atoms with E-state index in [9.17, 15) is 24.8 Å². The van der Waals surface area contributed by atoms with Crippen molar-refractivity contribution < 1.29 is 24.4 Å². The first-order valence-electron chi connectivity index (χ1n) is 11.9. The van der Waals surface area contributed by atoms with Crippen LogP contribution in [0.4, 0.5) is 17.1 Å². The molecule has 1 unspecified atom stereocenters. The highest BCUT2D eigenvalue weighted by molar-refractivity contribution is 6.51. The van der Waals surface area contributed by atoms with Crippen LogP contribution in [0.3, 0.4) is 0 Å². The monoisotopic (exact) mass is 501 g/mol. The predicted octanol–water partition coefficient (Wildman–Crippen LogP) is 5.08. The zero-order chi connectivity index (χ0) is 26.7. The molecule has 3 aromatic rings. The summed E-state index contributed by atoms with van der Waals surface area (Å²) in [4.78, 5) is 40.7. The molecule has 3 aromatic carbocycles. The molecule has 0 aromatic heterocycles. The summed E-state index contributed by atoms with van der Waals surface area (Å²) in [6.45, 7) is 5.75. The van der Waals surface area contributed by atoms with Crippen LogP contribution in [0.5, 0.6) is 5.75 Å². The van der Waals surface area contributed by atoms with Crippen LogP contribution in [0.2, 0.25) is 0 Å². The average molecular weight is 502 g/mol. The number of nitro groups is 1. The lowest BCUT2D eigenvalue weighted by atomic mass is 9.94. The number of ketones is 1. The van der Waals surface area contributed by atoms with Gasteiger partial charge in [0, 0.05) is 48.2 Å². The van der Waals surface area contributed by atoms with Crippen LogP contribution >= 0.6 is 0 Å². The molecule has 9 heteroatoms. The molecule has 37 heavy (non-hydrogen) atoms. The molecular weight excluding hydrogens is 474 g/mol. The largest absolute Gasteiger partial charge is 0.507 e. The fourth-order valence-corrected chi connectivity index (χ4v) is 4.53. The zero-order valence-corrected chi connectivity index (χ0v) is 20.7. The van der Waals surface area contributed by atoms with Crippen molar-refractivity contribution in [2.24, 2.45) is 0 Å². The average Bonchev–Trinajstić information content (AvgIpc) is 3.19. The van der Waals surface area contributed by atoms with Crippen molar-refractivity contribution in [3.63, 3.8) is 0 Å². The molecule has 190 valence electrons. The highest BCUT2D eigenvalue weighted by atomic mass is 16.6. The fraction of sp³-hybridized carbons (Fsp3) is 0.214. The van der Waals surface area contributed by atoms with E-state index < -0.39 is 28.4 Å². The molecule has 1 N–H and O–H groups in total. The van der Waals surface area contributed by atoms with E-state index in [0.717, 1.165) is 18.8 Å². The smallest absolute Gasteiger partial charge is 0.300 e. The topological polar surface area (TPSA) is 113 Å². The molecule has 1 fully saturated rings. The van der Waals surface area contributed by atoms with E-state index in [4.69, 9.17) is 4.74 Å². The second-order valence-corrected chi connectivity index (χ2v) is 8.44. The summed E-state index contributed by atoms with van der Waals surface area (Å²) in [5.74, 6) is -1.55.